The lowest BCUT2D eigenvalue weighted by Gasteiger charge is -2.24. The maximum absolute atomic E-state index is 13.3. The summed E-state index contributed by atoms with van der Waals surface area (Å²) in [5, 5.41) is 0. The molecule has 0 spiro atoms. The Hall–Kier alpha value is -1.32. The highest BCUT2D eigenvalue weighted by atomic mass is 127. The third-order valence-corrected chi connectivity index (χ3v) is 6.10. The van der Waals surface area contributed by atoms with Crippen molar-refractivity contribution in [2.45, 2.75) is 18.0 Å². The predicted molar refractivity (Wildman–Crippen MR) is 71.4 cm³/mol. The van der Waals surface area contributed by atoms with Crippen LogP contribution in [0.25, 0.3) is 11.1 Å². The van der Waals surface area contributed by atoms with Crippen molar-refractivity contribution in [3.05, 3.63) is 58.2 Å². The van der Waals surface area contributed by atoms with Gasteiger partial charge in [-0.1, -0.05) is 30.3 Å². The minimum absolute atomic E-state index is 0.367. The van der Waals surface area contributed by atoms with E-state index in [2.05, 4.69) is 0 Å². The highest BCUT2D eigenvalue weighted by Crippen LogP contribution is 2.45. The van der Waals surface area contributed by atoms with E-state index in [4.69, 9.17) is 0 Å². The fourth-order valence-corrected chi connectivity index (χ4v) is 4.08. The minimum atomic E-state index is -6.27. The lowest BCUT2D eigenvalue weighted by Crippen LogP contribution is -3.63. The molecule has 0 N–H and O–H groups in total. The van der Waals surface area contributed by atoms with Crippen molar-refractivity contribution in [3.8, 4) is 11.1 Å². The zero-order valence-corrected chi connectivity index (χ0v) is 14.1. The first-order valence-electron chi connectivity index (χ1n) is 6.61. The summed E-state index contributed by atoms with van der Waals surface area (Å²) >= 11 is -1.69. The van der Waals surface area contributed by atoms with Crippen LogP contribution >= 0.6 is 0 Å². The molecule has 0 aromatic heterocycles. The van der Waals surface area contributed by atoms with Crippen molar-refractivity contribution in [1.29, 1.82) is 0 Å². The van der Waals surface area contributed by atoms with Crippen molar-refractivity contribution in [2.24, 2.45) is 0 Å². The Labute approximate surface area is 143 Å². The van der Waals surface area contributed by atoms with E-state index in [1.54, 1.807) is 12.1 Å². The molecule has 0 heterocycles. The van der Waals surface area contributed by atoms with Gasteiger partial charge in [-0.3, -0.25) is 0 Å². The molecule has 24 heavy (non-hydrogen) atoms. The summed E-state index contributed by atoms with van der Waals surface area (Å²) in [7, 11) is 0. The Bertz CT molecular complexity index is 663. The summed E-state index contributed by atoms with van der Waals surface area (Å²) in [5.41, 5.74) is 1.69. The Morgan fingerprint density at radius 2 is 1.17 bits per heavy atom. The van der Waals surface area contributed by atoms with E-state index >= 15 is 0 Å². The van der Waals surface area contributed by atoms with Crippen LogP contribution in [0.2, 0.25) is 0 Å². The molecular weight excluding hydrogens is 452 g/mol. The van der Waals surface area contributed by atoms with E-state index in [1.165, 1.54) is 12.1 Å². The van der Waals surface area contributed by atoms with Crippen LogP contribution in [0.4, 0.5) is 30.7 Å². The van der Waals surface area contributed by atoms with Gasteiger partial charge in [0.2, 0.25) is 4.43 Å². The molecule has 0 radical (unpaired) electrons. The quantitative estimate of drug-likeness (QED) is 0.363. The van der Waals surface area contributed by atoms with Crippen LogP contribution in [0.3, 0.4) is 0 Å². The second-order valence-electron chi connectivity index (χ2n) is 4.92. The van der Waals surface area contributed by atoms with Crippen LogP contribution < -0.4 is 21.2 Å². The Morgan fingerprint density at radius 3 is 1.67 bits per heavy atom. The van der Waals surface area contributed by atoms with Crippen molar-refractivity contribution in [3.63, 3.8) is 0 Å². The minimum Gasteiger partial charge on any atom is -0.195 e. The second kappa shape index (κ2) is 6.89. The van der Waals surface area contributed by atoms with E-state index in [0.717, 1.165) is 11.1 Å². The number of rotatable bonds is 5. The van der Waals surface area contributed by atoms with E-state index < -0.39 is 43.7 Å². The van der Waals surface area contributed by atoms with E-state index in [-0.39, 0.29) is 0 Å². The van der Waals surface area contributed by atoms with Crippen LogP contribution in [0.15, 0.2) is 54.6 Å². The summed E-state index contributed by atoms with van der Waals surface area (Å²) in [5.74, 6) is -11.1. The maximum Gasteiger partial charge on any atom is 0.460 e. The summed E-state index contributed by atoms with van der Waals surface area (Å²) < 4.78 is 87.4. The van der Waals surface area contributed by atoms with Crippen molar-refractivity contribution >= 4 is 0 Å². The largest absolute Gasteiger partial charge is 0.460 e. The van der Waals surface area contributed by atoms with Gasteiger partial charge in [-0.2, -0.15) is 30.7 Å². The number of alkyl halides is 8. The van der Waals surface area contributed by atoms with E-state index in [1.807, 2.05) is 30.3 Å². The molecule has 0 nitrogen and oxygen atoms in total. The lowest BCUT2D eigenvalue weighted by molar-refractivity contribution is -0.651. The SMILES string of the molecule is FC(F)(F)C(F)(F)C(F)(F)C[I+]c1ccc(-c2ccccc2)cc1. The number of hydrogen-bond donors (Lipinski definition) is 0. The van der Waals surface area contributed by atoms with Gasteiger partial charge in [-0.25, -0.2) is 0 Å². The lowest BCUT2D eigenvalue weighted by atomic mass is 10.1. The average Bonchev–Trinajstić information content (AvgIpc) is 2.53. The normalized spacial score (nSPS) is 13.1. The standard InChI is InChI=1S/C16H11F7I/c17-14(18,15(19,20)16(21,22)23)10-24-13-8-6-12(7-9-13)11-4-2-1-3-5-11/h1-9H,10H2/q+1. The molecule has 0 fully saturated rings. The zero-order valence-electron chi connectivity index (χ0n) is 11.9. The Kier molecular flexibility index (Phi) is 5.46. The molecule has 0 amide bonds. The predicted octanol–water partition coefficient (Wildman–Crippen LogP) is 2.45. The van der Waals surface area contributed by atoms with Gasteiger partial charge in [-0.15, -0.1) is 0 Å². The molecule has 0 bridgehead atoms. The average molecular weight is 463 g/mol. The monoisotopic (exact) mass is 463 g/mol. The third kappa shape index (κ3) is 4.01. The topological polar surface area (TPSA) is 0 Å². The fourth-order valence-electron chi connectivity index (χ4n) is 1.81. The van der Waals surface area contributed by atoms with Crippen LogP contribution in [-0.2, 0) is 0 Å². The molecule has 2 rings (SSSR count). The van der Waals surface area contributed by atoms with Crippen molar-refractivity contribution in [2.75, 3.05) is 4.43 Å². The van der Waals surface area contributed by atoms with Crippen molar-refractivity contribution in [1.82, 2.24) is 0 Å². The van der Waals surface area contributed by atoms with Gasteiger partial charge >= 0.3 is 39.2 Å². The molecule has 0 unspecified atom stereocenters. The van der Waals surface area contributed by atoms with Crippen molar-refractivity contribution < 1.29 is 51.9 Å². The Morgan fingerprint density at radius 1 is 0.667 bits per heavy atom. The van der Waals surface area contributed by atoms with Gasteiger partial charge in [0.25, 0.3) is 0 Å². The molecule has 0 aliphatic carbocycles. The van der Waals surface area contributed by atoms with Gasteiger partial charge < -0.3 is 0 Å². The third-order valence-electron chi connectivity index (χ3n) is 3.16. The van der Waals surface area contributed by atoms with E-state index in [0.29, 0.717) is 3.57 Å². The summed E-state index contributed by atoms with van der Waals surface area (Å²) in [6.45, 7) is 0. The first-order valence-corrected chi connectivity index (χ1v) is 9.22. The van der Waals surface area contributed by atoms with Crippen LogP contribution in [0.1, 0.15) is 0 Å². The van der Waals surface area contributed by atoms with Crippen LogP contribution in [-0.4, -0.2) is 22.4 Å². The molecule has 0 saturated heterocycles. The maximum atomic E-state index is 13.3. The van der Waals surface area contributed by atoms with Gasteiger partial charge in [0, 0.05) is 0 Å². The fraction of sp³-hybridized carbons (Fsp3) is 0.250. The molecule has 0 aliphatic heterocycles. The van der Waals surface area contributed by atoms with Gasteiger partial charge in [-0.05, 0) is 35.4 Å². The van der Waals surface area contributed by atoms with Gasteiger partial charge in [0.05, 0.1) is 0 Å². The molecule has 0 aliphatic rings. The van der Waals surface area contributed by atoms with E-state index in [9.17, 15) is 30.7 Å². The summed E-state index contributed by atoms with van der Waals surface area (Å²) in [4.78, 5) is 0. The van der Waals surface area contributed by atoms with Crippen LogP contribution in [0.5, 0.6) is 0 Å². The molecular formula is C16H11F7I+. The number of benzene rings is 2. The molecule has 2 aromatic carbocycles. The highest BCUT2D eigenvalue weighted by Gasteiger charge is 2.74. The Balaban J connectivity index is 2.07. The molecule has 0 saturated carbocycles. The van der Waals surface area contributed by atoms with Gasteiger partial charge in [0.1, 0.15) is 0 Å². The van der Waals surface area contributed by atoms with Crippen LogP contribution in [0, 0.1) is 3.57 Å². The summed E-state index contributed by atoms with van der Waals surface area (Å²) in [6, 6.07) is 15.4. The molecule has 130 valence electrons. The number of halogens is 8. The molecule has 2 aromatic rings. The molecule has 8 heteroatoms. The highest BCUT2D eigenvalue weighted by molar-refractivity contribution is 5.62. The first-order chi connectivity index (χ1) is 11.0. The van der Waals surface area contributed by atoms with Gasteiger partial charge in [0.15, 0.2) is 3.57 Å². The summed E-state index contributed by atoms with van der Waals surface area (Å²) in [6.07, 6.45) is -6.27. The molecule has 0 atom stereocenters. The second-order valence-corrected chi connectivity index (χ2v) is 7.69. The smallest absolute Gasteiger partial charge is 0.195 e. The number of hydrogen-bond acceptors (Lipinski definition) is 0. The first kappa shape index (κ1) is 19.0. The zero-order chi connectivity index (χ0) is 18.0.